The number of halogens is 1. The van der Waals surface area contributed by atoms with Crippen LogP contribution in [-0.2, 0) is 0 Å². The van der Waals surface area contributed by atoms with Crippen LogP contribution in [0.3, 0.4) is 0 Å². The number of hydrogen-bond acceptors (Lipinski definition) is 7. The zero-order chi connectivity index (χ0) is 26.4. The average molecular weight is 479 g/mol. The standard InChI is InChI=1S/C26H30FN7O/c1-31-9-11-33(12-10-31)18-4-7-32(8-5-18)19-15-29-26-22(16-30-34(26)17-19)20-3-6-28-24-14-23(27)25(35-2)13-21(20)24/h3,6,13-18H,4-5,7-12H2,1-2H3/i2D3. The van der Waals surface area contributed by atoms with E-state index >= 15 is 0 Å². The lowest BCUT2D eigenvalue weighted by Gasteiger charge is -2.42. The third-order valence-corrected chi connectivity index (χ3v) is 7.42. The molecule has 2 aliphatic rings. The Kier molecular flexibility index (Phi) is 4.90. The average Bonchev–Trinajstić information content (AvgIpc) is 3.32. The summed E-state index contributed by atoms with van der Waals surface area (Å²) in [6.07, 6.45) is 9.44. The zero-order valence-electron chi connectivity index (χ0n) is 22.7. The van der Waals surface area contributed by atoms with Crippen molar-refractivity contribution in [1.82, 2.24) is 29.4 Å². The van der Waals surface area contributed by atoms with Crippen molar-refractivity contribution < 1.29 is 13.2 Å². The summed E-state index contributed by atoms with van der Waals surface area (Å²) in [5, 5.41) is 5.11. The van der Waals surface area contributed by atoms with Crippen LogP contribution in [0.1, 0.15) is 17.0 Å². The van der Waals surface area contributed by atoms with Gasteiger partial charge in [0.05, 0.1) is 40.9 Å². The highest BCUT2D eigenvalue weighted by Gasteiger charge is 2.27. The summed E-state index contributed by atoms with van der Waals surface area (Å²) in [7, 11) is -0.578. The van der Waals surface area contributed by atoms with E-state index in [0.717, 1.165) is 63.4 Å². The van der Waals surface area contributed by atoms with Crippen molar-refractivity contribution in [2.24, 2.45) is 0 Å². The monoisotopic (exact) mass is 478 g/mol. The Hall–Kier alpha value is -3.30. The molecule has 2 saturated heterocycles. The lowest BCUT2D eigenvalue weighted by Crippen LogP contribution is -2.52. The first-order valence-corrected chi connectivity index (χ1v) is 12.0. The number of piperazine rings is 1. The van der Waals surface area contributed by atoms with E-state index in [4.69, 9.17) is 13.8 Å². The Morgan fingerprint density at radius 1 is 1.03 bits per heavy atom. The first kappa shape index (κ1) is 19.0. The first-order chi connectivity index (χ1) is 18.2. The van der Waals surface area contributed by atoms with Crippen LogP contribution < -0.4 is 9.64 Å². The van der Waals surface area contributed by atoms with Gasteiger partial charge in [0.15, 0.2) is 17.2 Å². The van der Waals surface area contributed by atoms with E-state index in [1.54, 1.807) is 23.0 Å². The van der Waals surface area contributed by atoms with Crippen molar-refractivity contribution in [2.75, 3.05) is 58.3 Å². The van der Waals surface area contributed by atoms with Gasteiger partial charge < -0.3 is 14.5 Å². The number of nitrogens with zero attached hydrogens (tertiary/aromatic N) is 7. The highest BCUT2D eigenvalue weighted by Crippen LogP contribution is 2.34. The van der Waals surface area contributed by atoms with Crippen molar-refractivity contribution in [3.63, 3.8) is 0 Å². The van der Waals surface area contributed by atoms with Gasteiger partial charge >= 0.3 is 0 Å². The lowest BCUT2D eigenvalue weighted by molar-refractivity contribution is 0.0982. The predicted octanol–water partition coefficient (Wildman–Crippen LogP) is 3.31. The SMILES string of the molecule is [2H]C([2H])([2H])Oc1cc2c(-c3cnn4cc(N5CCC(N6CCN(C)CC6)CC5)cnc34)ccnc2cc1F. The van der Waals surface area contributed by atoms with Gasteiger partial charge in [-0.15, -0.1) is 0 Å². The molecule has 3 aromatic heterocycles. The molecule has 0 unspecified atom stereocenters. The van der Waals surface area contributed by atoms with E-state index in [1.807, 2.05) is 12.4 Å². The summed E-state index contributed by atoms with van der Waals surface area (Å²) in [5.41, 5.74) is 3.52. The number of hydrogen-bond donors (Lipinski definition) is 0. The van der Waals surface area contributed by atoms with E-state index < -0.39 is 12.9 Å². The third-order valence-electron chi connectivity index (χ3n) is 7.42. The smallest absolute Gasteiger partial charge is 0.167 e. The summed E-state index contributed by atoms with van der Waals surface area (Å²) < 4.78 is 43.2. The van der Waals surface area contributed by atoms with Crippen molar-refractivity contribution in [3.8, 4) is 16.9 Å². The molecule has 2 fully saturated rings. The van der Waals surface area contributed by atoms with E-state index in [-0.39, 0.29) is 5.75 Å². The van der Waals surface area contributed by atoms with Crippen molar-refractivity contribution in [2.45, 2.75) is 18.9 Å². The minimum atomic E-state index is -2.77. The summed E-state index contributed by atoms with van der Waals surface area (Å²) in [4.78, 5) is 16.4. The van der Waals surface area contributed by atoms with Crippen LogP contribution in [0.2, 0.25) is 0 Å². The molecule has 0 bridgehead atoms. The van der Waals surface area contributed by atoms with Crippen LogP contribution >= 0.6 is 0 Å². The van der Waals surface area contributed by atoms with Crippen LogP contribution in [-0.4, -0.2) is 88.8 Å². The van der Waals surface area contributed by atoms with Crippen molar-refractivity contribution in [1.29, 1.82) is 0 Å². The van der Waals surface area contributed by atoms with Crippen LogP contribution in [0.25, 0.3) is 27.7 Å². The fourth-order valence-electron chi connectivity index (χ4n) is 5.35. The summed E-state index contributed by atoms with van der Waals surface area (Å²) >= 11 is 0. The maximum Gasteiger partial charge on any atom is 0.167 e. The Labute approximate surface area is 208 Å². The highest BCUT2D eigenvalue weighted by atomic mass is 19.1. The van der Waals surface area contributed by atoms with Crippen molar-refractivity contribution in [3.05, 3.63) is 48.8 Å². The van der Waals surface area contributed by atoms with E-state index in [2.05, 4.69) is 31.8 Å². The van der Waals surface area contributed by atoms with Gasteiger partial charge in [-0.25, -0.2) is 13.9 Å². The van der Waals surface area contributed by atoms with Gasteiger partial charge in [-0.1, -0.05) is 0 Å². The summed E-state index contributed by atoms with van der Waals surface area (Å²) in [6.45, 7) is 6.52. The van der Waals surface area contributed by atoms with Gasteiger partial charge in [0.25, 0.3) is 0 Å². The minimum Gasteiger partial charge on any atom is -0.494 e. The Bertz CT molecular complexity index is 1460. The molecule has 9 heteroatoms. The molecular weight excluding hydrogens is 445 g/mol. The molecule has 0 radical (unpaired) electrons. The van der Waals surface area contributed by atoms with Crippen LogP contribution in [0.15, 0.2) is 43.0 Å². The van der Waals surface area contributed by atoms with Crippen LogP contribution in [0.4, 0.5) is 10.1 Å². The molecule has 35 heavy (non-hydrogen) atoms. The van der Waals surface area contributed by atoms with Crippen LogP contribution in [0.5, 0.6) is 5.75 Å². The molecule has 6 rings (SSSR count). The summed E-state index contributed by atoms with van der Waals surface area (Å²) in [5.74, 6) is -1.13. The normalized spacial score (nSPS) is 20.2. The van der Waals surface area contributed by atoms with Crippen molar-refractivity contribution >= 4 is 22.2 Å². The van der Waals surface area contributed by atoms with E-state index in [9.17, 15) is 4.39 Å². The van der Waals surface area contributed by atoms with E-state index in [0.29, 0.717) is 28.2 Å². The molecule has 0 atom stereocenters. The Balaban J connectivity index is 1.25. The highest BCUT2D eigenvalue weighted by molar-refractivity contribution is 5.98. The number of methoxy groups -OCH3 is 1. The number of fused-ring (bicyclic) bond motifs is 2. The zero-order valence-corrected chi connectivity index (χ0v) is 19.7. The fraction of sp³-hybridized carbons (Fsp3) is 0.423. The molecule has 4 aromatic rings. The number of piperidine rings is 1. The maximum absolute atomic E-state index is 14.5. The van der Waals surface area contributed by atoms with Gasteiger partial charge in [-0.05, 0) is 37.6 Å². The molecule has 0 amide bonds. The number of benzene rings is 1. The largest absolute Gasteiger partial charge is 0.494 e. The minimum absolute atomic E-state index is 0.349. The molecule has 5 heterocycles. The molecule has 0 N–H and O–H groups in total. The van der Waals surface area contributed by atoms with Gasteiger partial charge in [0.2, 0.25) is 0 Å². The second-order valence-corrected chi connectivity index (χ2v) is 9.46. The topological polar surface area (TPSA) is 62.0 Å². The molecule has 0 spiro atoms. The molecule has 2 aliphatic heterocycles. The second kappa shape index (κ2) is 9.05. The molecule has 182 valence electrons. The number of ether oxygens (including phenoxy) is 1. The Morgan fingerprint density at radius 3 is 2.66 bits per heavy atom. The lowest BCUT2D eigenvalue weighted by atomic mass is 10.0. The van der Waals surface area contributed by atoms with E-state index in [1.165, 1.54) is 12.1 Å². The first-order valence-electron chi connectivity index (χ1n) is 13.5. The molecule has 0 aliphatic carbocycles. The summed E-state index contributed by atoms with van der Waals surface area (Å²) in [6, 6.07) is 4.98. The second-order valence-electron chi connectivity index (χ2n) is 9.46. The molecular formula is C26H30FN7O. The molecule has 8 nitrogen and oxygen atoms in total. The van der Waals surface area contributed by atoms with Gasteiger partial charge in [0, 0.05) is 68.5 Å². The number of anilines is 1. The third kappa shape index (κ3) is 4.08. The number of pyridine rings is 1. The van der Waals surface area contributed by atoms with Gasteiger partial charge in [-0.2, -0.15) is 5.10 Å². The quantitative estimate of drug-likeness (QED) is 0.446. The number of likely N-dealkylation sites (N-methyl/N-ethyl adjacent to an activating group) is 1. The fourth-order valence-corrected chi connectivity index (χ4v) is 5.35. The molecule has 1 aromatic carbocycles. The van der Waals surface area contributed by atoms with Crippen LogP contribution in [0, 0.1) is 5.82 Å². The maximum atomic E-state index is 14.5. The number of rotatable bonds is 4. The molecule has 0 saturated carbocycles. The number of aromatic nitrogens is 4. The predicted molar refractivity (Wildman–Crippen MR) is 135 cm³/mol. The van der Waals surface area contributed by atoms with Gasteiger partial charge in [0.1, 0.15) is 0 Å². The Morgan fingerprint density at radius 2 is 1.86 bits per heavy atom. The van der Waals surface area contributed by atoms with Gasteiger partial charge in [-0.3, -0.25) is 9.88 Å².